The molecule has 0 heterocycles. The van der Waals surface area contributed by atoms with Gasteiger partial charge in [0.1, 0.15) is 0 Å². The summed E-state index contributed by atoms with van der Waals surface area (Å²) < 4.78 is 8.13. The summed E-state index contributed by atoms with van der Waals surface area (Å²) in [6.45, 7) is 0. The Kier molecular flexibility index (Phi) is 10.0. The fraction of sp³-hybridized carbons (Fsp3) is 0. The van der Waals surface area contributed by atoms with E-state index >= 15 is 0 Å². The van der Waals surface area contributed by atoms with Gasteiger partial charge >= 0.3 is 0 Å². The van der Waals surface area contributed by atoms with Crippen molar-refractivity contribution in [2.75, 3.05) is 0 Å². The molecule has 0 aromatic rings. The molecule has 0 amide bonds. The minimum Gasteiger partial charge on any atom is -0.291 e. The van der Waals surface area contributed by atoms with Gasteiger partial charge in [0.05, 0.1) is 0 Å². The predicted octanol–water partition coefficient (Wildman–Crippen LogP) is 0.770. The van der Waals surface area contributed by atoms with Gasteiger partial charge in [0.2, 0.25) is 0 Å². The molecule has 0 aliphatic heterocycles. The van der Waals surface area contributed by atoms with E-state index in [9.17, 15) is 0 Å². The summed E-state index contributed by atoms with van der Waals surface area (Å²) in [5, 5.41) is 0. The van der Waals surface area contributed by atoms with Crippen molar-refractivity contribution >= 4 is 70.4 Å². The largest absolute Gasteiger partial charge is 0.291 e. The third-order valence-corrected chi connectivity index (χ3v) is 9.05. The molecule has 0 bridgehead atoms. The number of hydrogen-bond donors (Lipinski definition) is 1. The van der Waals surface area contributed by atoms with Crippen LogP contribution in [0.5, 0.6) is 0 Å². The second kappa shape index (κ2) is 7.28. The highest BCUT2D eigenvalue weighted by Crippen LogP contribution is 2.15. The molecule has 6 heteroatoms. The summed E-state index contributed by atoms with van der Waals surface area (Å²) in [6, 6.07) is 0. The monoisotopic (exact) mass is 421 g/mol. The fourth-order valence-corrected chi connectivity index (χ4v) is 10.0. The van der Waals surface area contributed by atoms with Crippen molar-refractivity contribution < 1.29 is 0 Å². The van der Waals surface area contributed by atoms with Crippen LogP contribution < -0.4 is 3.95 Å². The summed E-state index contributed by atoms with van der Waals surface area (Å²) in [4.78, 5) is 0. The lowest BCUT2D eigenvalue weighted by Gasteiger charge is -1.81. The third-order valence-electron chi connectivity index (χ3n) is 0.201. The van der Waals surface area contributed by atoms with Crippen molar-refractivity contribution in [3.8, 4) is 0 Å². The van der Waals surface area contributed by atoms with E-state index in [-0.39, 0.29) is 21.3 Å². The fourth-order valence-electron chi connectivity index (χ4n) is 0.0682. The van der Waals surface area contributed by atoms with Crippen LogP contribution in [0.3, 0.4) is 0 Å². The number of nitrogens with two attached hydrogens (primary N) is 1. The van der Waals surface area contributed by atoms with E-state index in [4.69, 9.17) is 3.95 Å². The maximum atomic E-state index is 5.35. The molecule has 6 heavy (non-hydrogen) atoms. The lowest BCUT2D eigenvalue weighted by molar-refractivity contribution is 2.18. The maximum absolute atomic E-state index is 5.35. The van der Waals surface area contributed by atoms with E-state index in [1.165, 1.54) is 5.98 Å². The molecule has 0 atom stereocenters. The van der Waals surface area contributed by atoms with Crippen molar-refractivity contribution in [3.63, 3.8) is 0 Å². The molecule has 36 valence electrons. The normalized spacial score (nSPS) is 7.67. The zero-order valence-corrected chi connectivity index (χ0v) is 9.60. The zero-order valence-electron chi connectivity index (χ0n) is 3.13. The van der Waals surface area contributed by atoms with Gasteiger partial charge in [-0.15, -0.1) is 43.6 Å². The Balaban J connectivity index is 2.34. The van der Waals surface area contributed by atoms with Crippen LogP contribution in [0.2, 0.25) is 0 Å². The quantitative estimate of drug-likeness (QED) is 0.311. The van der Waals surface area contributed by atoms with Gasteiger partial charge in [-0.3, -0.25) is 3.95 Å². The first kappa shape index (κ1) is 8.28. The molecule has 0 aromatic carbocycles. The van der Waals surface area contributed by atoms with Gasteiger partial charge in [-0.05, 0) is 0 Å². The van der Waals surface area contributed by atoms with Gasteiger partial charge in [0, 0.05) is 0 Å². The van der Waals surface area contributed by atoms with Gasteiger partial charge < -0.3 is 0 Å². The van der Waals surface area contributed by atoms with E-state index in [2.05, 4.69) is 22.4 Å². The second-order valence-corrected chi connectivity index (χ2v) is 11.4. The lowest BCUT2D eigenvalue weighted by Crippen LogP contribution is -1.76. The van der Waals surface area contributed by atoms with Crippen LogP contribution in [0.15, 0.2) is 0 Å². The van der Waals surface area contributed by atoms with Crippen molar-refractivity contribution in [2.24, 2.45) is 3.95 Å². The average Bonchev–Trinajstić information content (AvgIpc) is 1.61. The van der Waals surface area contributed by atoms with Crippen LogP contribution in [-0.2, 0) is 0 Å². The topological polar surface area (TPSA) is 26.0 Å². The van der Waals surface area contributed by atoms with Crippen LogP contribution in [-0.4, -0.2) is 5.98 Å². The molecule has 0 aliphatic carbocycles. The first-order chi connectivity index (χ1) is 2.91. The van der Waals surface area contributed by atoms with Crippen LogP contribution in [0.25, 0.3) is 0 Å². The van der Waals surface area contributed by atoms with E-state index < -0.39 is 0 Å². The summed E-state index contributed by atoms with van der Waals surface area (Å²) in [7, 11) is 0. The predicted molar refractivity (Wildman–Crippen MR) is 60.5 cm³/mol. The van der Waals surface area contributed by atoms with E-state index in [0.717, 1.165) is 0 Å². The van der Waals surface area contributed by atoms with Crippen molar-refractivity contribution in [1.82, 2.24) is 0 Å². The Labute approximate surface area is 73.0 Å². The molecule has 0 fully saturated rings. The molecular weight excluding hydrogens is 416 g/mol. The summed E-state index contributed by atoms with van der Waals surface area (Å²) in [5.41, 5.74) is 0. The van der Waals surface area contributed by atoms with Crippen molar-refractivity contribution in [1.29, 1.82) is 0 Å². The van der Waals surface area contributed by atoms with Gasteiger partial charge in [-0.1, -0.05) is 0 Å². The van der Waals surface area contributed by atoms with Gasteiger partial charge in [0.15, 0.2) is 0 Å². The van der Waals surface area contributed by atoms with Crippen molar-refractivity contribution in [2.45, 2.75) is 0 Å². The standard InChI is InChI=1S/B2H4I3N/c3-1-4-2-5-6/h1-2H,6H2. The molecule has 0 unspecified atom stereocenters. The number of rotatable bonds is 3. The molecule has 0 aliphatic rings. The highest BCUT2D eigenvalue weighted by Gasteiger charge is 1.83. The Morgan fingerprint density at radius 2 is 2.33 bits per heavy atom. The second-order valence-electron chi connectivity index (χ2n) is 0.545. The van der Waals surface area contributed by atoms with Gasteiger partial charge in [-0.25, -0.2) is 20.8 Å². The van der Waals surface area contributed by atoms with Gasteiger partial charge in [0.25, 0.3) is 5.98 Å². The highest BCUT2D eigenvalue weighted by molar-refractivity contribution is 14.4. The SMILES string of the molecule is N[I]B[I]BI. The smallest absolute Gasteiger partial charge is 0.259 e. The first-order valence-electron chi connectivity index (χ1n) is 1.29. The van der Waals surface area contributed by atoms with Crippen molar-refractivity contribution in [3.05, 3.63) is 0 Å². The molecule has 0 rings (SSSR count). The Bertz CT molecular complexity index is 20.8. The Hall–Kier alpha value is 2.28. The molecule has 0 spiro atoms. The lowest BCUT2D eigenvalue weighted by atomic mass is 10.8. The molecule has 0 saturated heterocycles. The maximum Gasteiger partial charge on any atom is 0.259 e. The average molecular weight is 420 g/mol. The molecular formula is H4B2I3N. The Morgan fingerprint density at radius 3 is 2.50 bits per heavy atom. The third kappa shape index (κ3) is 6.28. The van der Waals surface area contributed by atoms with E-state index in [1.807, 2.05) is 0 Å². The Morgan fingerprint density at radius 1 is 1.67 bits per heavy atom. The number of halogens is 3. The van der Waals surface area contributed by atoms with Crippen LogP contribution in [0.1, 0.15) is 0 Å². The van der Waals surface area contributed by atoms with E-state index in [0.29, 0.717) is 20.8 Å². The van der Waals surface area contributed by atoms with Crippen LogP contribution >= 0.6 is 64.4 Å². The minimum absolute atomic E-state index is 0.145. The number of hydrogen-bond acceptors (Lipinski definition) is 1. The molecule has 2 radical (unpaired) electrons. The van der Waals surface area contributed by atoms with Crippen LogP contribution in [0, 0.1) is 0 Å². The summed E-state index contributed by atoms with van der Waals surface area (Å²) in [6.07, 6.45) is 0. The highest BCUT2D eigenvalue weighted by atomic mass is 127. The molecule has 1 nitrogen and oxygen atoms in total. The van der Waals surface area contributed by atoms with Gasteiger partial charge in [-0.2, -0.15) is 0 Å². The van der Waals surface area contributed by atoms with E-state index in [1.54, 1.807) is 0 Å². The molecule has 0 aromatic heterocycles. The zero-order chi connectivity index (χ0) is 4.83. The first-order valence-corrected chi connectivity index (χ1v) is 8.64. The van der Waals surface area contributed by atoms with Crippen LogP contribution in [0.4, 0.5) is 0 Å². The summed E-state index contributed by atoms with van der Waals surface area (Å²) >= 11 is 3.11. The summed E-state index contributed by atoms with van der Waals surface area (Å²) in [5.74, 6) is 0. The minimum atomic E-state index is 0.145. The molecule has 2 N–H and O–H groups in total. The molecule has 0 saturated carbocycles.